The minimum absolute atomic E-state index is 0.0247. The smallest absolute Gasteiger partial charge is 0.261 e. The van der Waals surface area contributed by atoms with Crippen molar-refractivity contribution in [3.05, 3.63) is 60.7 Å². The molecule has 1 fully saturated rings. The number of carbonyl (C=O) groups excluding carboxylic acids is 3. The van der Waals surface area contributed by atoms with Gasteiger partial charge < -0.3 is 18.7 Å². The Hall–Kier alpha value is -2.45. The lowest BCUT2D eigenvalue weighted by Crippen LogP contribution is -2.68. The van der Waals surface area contributed by atoms with Crippen LogP contribution in [0.3, 0.4) is 0 Å². The summed E-state index contributed by atoms with van der Waals surface area (Å²) in [6, 6.07) is 20.8. The molecule has 0 radical (unpaired) electrons. The maximum absolute atomic E-state index is 13.7. The fraction of sp³-hybridized carbons (Fsp3) is 0.571. The average Bonchev–Trinajstić information content (AvgIpc) is 2.96. The molecule has 4 atom stereocenters. The van der Waals surface area contributed by atoms with E-state index >= 15 is 0 Å². The minimum Gasteiger partial charge on any atom is -0.407 e. The second-order valence-corrected chi connectivity index (χ2v) is 17.8. The molecule has 0 spiro atoms. The van der Waals surface area contributed by atoms with Crippen molar-refractivity contribution in [2.45, 2.75) is 72.8 Å². The van der Waals surface area contributed by atoms with E-state index in [4.69, 9.17) is 13.9 Å². The van der Waals surface area contributed by atoms with Crippen LogP contribution in [0.4, 0.5) is 0 Å². The fourth-order valence-corrected chi connectivity index (χ4v) is 11.8. The molecule has 42 heavy (non-hydrogen) atoms. The lowest BCUT2D eigenvalue weighted by Gasteiger charge is -2.54. The number of hydrogen-bond acceptors (Lipinski definition) is 6. The standard InChI is InChI=1S/C35H50O6Si/c1-26-30(23-41-42(33(3,4)5,28-16-11-9-12-17-28)29-18-13-10-14-19-29)35(24-36,20-15-21-40-25-39-8)32(22-31(26)38)34(6,7)27(2)37/h9-14,16-19,24,26,30,32H,15,20-23,25H2,1-8H3/t26-,30-,32-,35-/m0/s1. The Morgan fingerprint density at radius 2 is 1.55 bits per heavy atom. The van der Waals surface area contributed by atoms with Crippen LogP contribution in [-0.4, -0.2) is 53.3 Å². The van der Waals surface area contributed by atoms with Crippen molar-refractivity contribution in [1.82, 2.24) is 0 Å². The minimum atomic E-state index is -2.93. The summed E-state index contributed by atoms with van der Waals surface area (Å²) in [6.45, 7) is 14.7. The van der Waals surface area contributed by atoms with Crippen molar-refractivity contribution >= 4 is 36.5 Å². The number of aldehydes is 1. The highest BCUT2D eigenvalue weighted by molar-refractivity contribution is 6.99. The normalized spacial score (nSPS) is 23.5. The van der Waals surface area contributed by atoms with Crippen LogP contribution < -0.4 is 10.4 Å². The van der Waals surface area contributed by atoms with Crippen molar-refractivity contribution in [3.63, 3.8) is 0 Å². The third-order valence-electron chi connectivity index (χ3n) is 9.85. The maximum atomic E-state index is 13.7. The van der Waals surface area contributed by atoms with Gasteiger partial charge in [0.05, 0.1) is 0 Å². The molecule has 1 aliphatic rings. The summed E-state index contributed by atoms with van der Waals surface area (Å²) in [6.07, 6.45) is 2.33. The highest BCUT2D eigenvalue weighted by atomic mass is 28.4. The summed E-state index contributed by atoms with van der Waals surface area (Å²) in [5.41, 5.74) is -1.80. The molecule has 0 saturated heterocycles. The summed E-state index contributed by atoms with van der Waals surface area (Å²) in [5, 5.41) is 2.03. The first kappa shape index (κ1) is 34.0. The molecule has 0 unspecified atom stereocenters. The maximum Gasteiger partial charge on any atom is 0.261 e. The van der Waals surface area contributed by atoms with E-state index < -0.39 is 36.9 Å². The van der Waals surface area contributed by atoms with E-state index in [-0.39, 0.29) is 36.4 Å². The SMILES string of the molecule is COCOCCC[C@]1(C=O)[C@@H](CO[Si](c2ccccc2)(c2ccccc2)C(C)(C)C)[C@H](C)C(=O)C[C@H]1C(C)(C)C(C)=O. The molecule has 0 amide bonds. The molecule has 0 bridgehead atoms. The first-order valence-electron chi connectivity index (χ1n) is 15.1. The van der Waals surface area contributed by atoms with Crippen LogP contribution in [0.15, 0.2) is 60.7 Å². The van der Waals surface area contributed by atoms with E-state index in [0.717, 1.165) is 16.7 Å². The van der Waals surface area contributed by atoms with Gasteiger partial charge in [0.1, 0.15) is 24.6 Å². The van der Waals surface area contributed by atoms with Gasteiger partial charge in [-0.2, -0.15) is 0 Å². The number of hydrogen-bond donors (Lipinski definition) is 0. The van der Waals surface area contributed by atoms with Gasteiger partial charge >= 0.3 is 0 Å². The van der Waals surface area contributed by atoms with E-state index in [9.17, 15) is 14.4 Å². The summed E-state index contributed by atoms with van der Waals surface area (Å²) >= 11 is 0. The second-order valence-electron chi connectivity index (χ2n) is 13.5. The van der Waals surface area contributed by atoms with E-state index in [2.05, 4.69) is 45.0 Å². The Bertz CT molecular complexity index is 1150. The zero-order chi connectivity index (χ0) is 31.2. The first-order valence-corrected chi connectivity index (χ1v) is 17.0. The van der Waals surface area contributed by atoms with Gasteiger partial charge in [0.15, 0.2) is 0 Å². The molecule has 230 valence electrons. The largest absolute Gasteiger partial charge is 0.407 e. The average molecular weight is 595 g/mol. The van der Waals surface area contributed by atoms with Gasteiger partial charge in [-0.05, 0) is 41.1 Å². The highest BCUT2D eigenvalue weighted by Crippen LogP contribution is 2.55. The first-order chi connectivity index (χ1) is 19.8. The molecular formula is C35H50O6Si. The summed E-state index contributed by atoms with van der Waals surface area (Å²) in [7, 11) is -1.36. The lowest BCUT2D eigenvalue weighted by molar-refractivity contribution is -0.157. The van der Waals surface area contributed by atoms with Crippen molar-refractivity contribution in [2.24, 2.45) is 28.6 Å². The Balaban J connectivity index is 2.17. The number of ether oxygens (including phenoxy) is 2. The summed E-state index contributed by atoms with van der Waals surface area (Å²) in [5.74, 6) is -1.18. The fourth-order valence-electron chi connectivity index (χ4n) is 7.18. The molecule has 6 nitrogen and oxygen atoms in total. The molecule has 1 aliphatic carbocycles. The highest BCUT2D eigenvalue weighted by Gasteiger charge is 2.59. The number of rotatable bonds is 14. The molecule has 0 N–H and O–H groups in total. The van der Waals surface area contributed by atoms with Crippen molar-refractivity contribution in [1.29, 1.82) is 0 Å². The molecule has 2 aromatic carbocycles. The summed E-state index contributed by atoms with van der Waals surface area (Å²) in [4.78, 5) is 40.1. The van der Waals surface area contributed by atoms with Crippen LogP contribution in [0, 0.1) is 28.6 Å². The van der Waals surface area contributed by atoms with E-state index in [1.165, 1.54) is 0 Å². The van der Waals surface area contributed by atoms with Crippen LogP contribution >= 0.6 is 0 Å². The molecule has 0 aliphatic heterocycles. The number of ketones is 2. The van der Waals surface area contributed by atoms with Crippen molar-refractivity contribution in [3.8, 4) is 0 Å². The molecule has 0 aromatic heterocycles. The molecular weight excluding hydrogens is 544 g/mol. The second kappa shape index (κ2) is 13.9. The van der Waals surface area contributed by atoms with Gasteiger partial charge in [-0.15, -0.1) is 0 Å². The number of benzene rings is 2. The number of methoxy groups -OCH3 is 1. The third-order valence-corrected chi connectivity index (χ3v) is 14.9. The van der Waals surface area contributed by atoms with E-state index in [1.807, 2.05) is 57.2 Å². The quantitative estimate of drug-likeness (QED) is 0.123. The van der Waals surface area contributed by atoms with Gasteiger partial charge in [-0.1, -0.05) is 102 Å². The monoisotopic (exact) mass is 594 g/mol. The van der Waals surface area contributed by atoms with Gasteiger partial charge in [0.25, 0.3) is 8.32 Å². The van der Waals surface area contributed by atoms with Crippen LogP contribution in [-0.2, 0) is 28.3 Å². The van der Waals surface area contributed by atoms with Gasteiger partial charge in [0.2, 0.25) is 0 Å². The molecule has 0 heterocycles. The Morgan fingerprint density at radius 3 is 2.00 bits per heavy atom. The van der Waals surface area contributed by atoms with Gasteiger partial charge in [-0.3, -0.25) is 9.59 Å². The van der Waals surface area contributed by atoms with Gasteiger partial charge in [-0.25, -0.2) is 0 Å². The van der Waals surface area contributed by atoms with Crippen LogP contribution in [0.25, 0.3) is 0 Å². The lowest BCUT2D eigenvalue weighted by atomic mass is 9.49. The Morgan fingerprint density at radius 1 is 1.00 bits per heavy atom. The van der Waals surface area contributed by atoms with Crippen LogP contribution in [0.1, 0.15) is 67.7 Å². The van der Waals surface area contributed by atoms with Crippen LogP contribution in [0.5, 0.6) is 0 Å². The third kappa shape index (κ3) is 6.54. The summed E-state index contributed by atoms with van der Waals surface area (Å²) < 4.78 is 18.0. The van der Waals surface area contributed by atoms with E-state index in [0.29, 0.717) is 19.4 Å². The van der Waals surface area contributed by atoms with Crippen molar-refractivity contribution < 1.29 is 28.3 Å². The molecule has 7 heteroatoms. The van der Waals surface area contributed by atoms with Crippen molar-refractivity contribution in [2.75, 3.05) is 27.1 Å². The molecule has 3 rings (SSSR count). The van der Waals surface area contributed by atoms with E-state index in [1.54, 1.807) is 14.0 Å². The number of Topliss-reactive ketones (excluding diaryl/α,β-unsaturated/α-hetero) is 2. The predicted molar refractivity (Wildman–Crippen MR) is 169 cm³/mol. The predicted octanol–water partition coefficient (Wildman–Crippen LogP) is 5.61. The van der Waals surface area contributed by atoms with Crippen LogP contribution in [0.2, 0.25) is 5.04 Å². The zero-order valence-corrected chi connectivity index (χ0v) is 27.8. The molecule has 2 aromatic rings. The Kier molecular flexibility index (Phi) is 11.3. The Labute approximate surface area is 253 Å². The number of carbonyl (C=O) groups is 3. The zero-order valence-electron chi connectivity index (χ0n) is 26.8. The topological polar surface area (TPSA) is 78.9 Å². The van der Waals surface area contributed by atoms with Gasteiger partial charge in [0, 0.05) is 49.4 Å². The molecule has 1 saturated carbocycles.